The predicted molar refractivity (Wildman–Crippen MR) is 131 cm³/mol. The van der Waals surface area contributed by atoms with Gasteiger partial charge in [0.25, 0.3) is 0 Å². The number of carbonyl (C=O) groups excluding carboxylic acids is 2. The molecule has 0 heterocycles. The van der Waals surface area contributed by atoms with E-state index in [1.54, 1.807) is 36.4 Å². The van der Waals surface area contributed by atoms with E-state index in [2.05, 4.69) is 15.4 Å². The highest BCUT2D eigenvalue weighted by Crippen LogP contribution is 2.18. The van der Waals surface area contributed by atoms with Crippen molar-refractivity contribution in [2.24, 2.45) is 0 Å². The number of sulfonamides is 1. The molecule has 34 heavy (non-hydrogen) atoms. The molecule has 0 aliphatic carbocycles. The van der Waals surface area contributed by atoms with Crippen molar-refractivity contribution in [2.75, 3.05) is 17.2 Å². The second kappa shape index (κ2) is 11.4. The molecule has 0 saturated heterocycles. The van der Waals surface area contributed by atoms with Gasteiger partial charge < -0.3 is 15.4 Å². The zero-order valence-electron chi connectivity index (χ0n) is 18.9. The second-order valence-corrected chi connectivity index (χ2v) is 9.23. The van der Waals surface area contributed by atoms with Crippen LogP contribution in [0, 0.1) is 0 Å². The van der Waals surface area contributed by atoms with E-state index in [1.807, 2.05) is 37.3 Å². The standard InChI is InChI=1S/C25H27N3O5S/c1-3-33-22-13-15-23(16-14-22)34(31,32)28-24(17-19-7-5-4-6-8-19)25(30)27-21-11-9-20(10-12-21)26-18(2)29/h4-16,24,28H,3,17H2,1-2H3,(H,26,29)(H,27,30)/t24-/m0/s1. The summed E-state index contributed by atoms with van der Waals surface area (Å²) < 4.78 is 34.0. The van der Waals surface area contributed by atoms with Crippen LogP contribution in [-0.4, -0.2) is 32.9 Å². The summed E-state index contributed by atoms with van der Waals surface area (Å²) in [6.45, 7) is 3.71. The molecule has 0 aliphatic heterocycles. The number of hydrogen-bond donors (Lipinski definition) is 3. The Bertz CT molecular complexity index is 1210. The van der Waals surface area contributed by atoms with E-state index in [1.165, 1.54) is 19.1 Å². The van der Waals surface area contributed by atoms with Crippen LogP contribution in [0.25, 0.3) is 0 Å². The smallest absolute Gasteiger partial charge is 0.242 e. The van der Waals surface area contributed by atoms with E-state index in [-0.39, 0.29) is 17.2 Å². The SMILES string of the molecule is CCOc1ccc(S(=O)(=O)N[C@@H](Cc2ccccc2)C(=O)Nc2ccc(NC(C)=O)cc2)cc1. The summed E-state index contributed by atoms with van der Waals surface area (Å²) in [5.41, 5.74) is 1.86. The van der Waals surface area contributed by atoms with Gasteiger partial charge in [-0.15, -0.1) is 0 Å². The molecule has 3 N–H and O–H groups in total. The third kappa shape index (κ3) is 7.16. The Kier molecular flexibility index (Phi) is 8.39. The number of amides is 2. The van der Waals surface area contributed by atoms with Gasteiger partial charge in [-0.3, -0.25) is 9.59 Å². The van der Waals surface area contributed by atoms with Gasteiger partial charge in [-0.2, -0.15) is 4.72 Å². The molecule has 0 spiro atoms. The number of rotatable bonds is 10. The number of benzene rings is 3. The summed E-state index contributed by atoms with van der Waals surface area (Å²) in [5, 5.41) is 5.39. The van der Waals surface area contributed by atoms with Gasteiger partial charge in [0.1, 0.15) is 11.8 Å². The average molecular weight is 482 g/mol. The van der Waals surface area contributed by atoms with Crippen molar-refractivity contribution in [2.45, 2.75) is 31.2 Å². The van der Waals surface area contributed by atoms with Crippen LogP contribution < -0.4 is 20.1 Å². The lowest BCUT2D eigenvalue weighted by molar-refractivity contribution is -0.117. The van der Waals surface area contributed by atoms with E-state index in [0.717, 1.165) is 5.56 Å². The highest BCUT2D eigenvalue weighted by molar-refractivity contribution is 7.89. The minimum atomic E-state index is -3.98. The van der Waals surface area contributed by atoms with Crippen molar-refractivity contribution >= 4 is 33.2 Å². The fourth-order valence-corrected chi connectivity index (χ4v) is 4.44. The molecule has 1 atom stereocenters. The third-order valence-electron chi connectivity index (χ3n) is 4.81. The number of carbonyl (C=O) groups is 2. The quantitative estimate of drug-likeness (QED) is 0.410. The summed E-state index contributed by atoms with van der Waals surface area (Å²) >= 11 is 0. The van der Waals surface area contributed by atoms with Crippen molar-refractivity contribution in [3.8, 4) is 5.75 Å². The van der Waals surface area contributed by atoms with Crippen LogP contribution in [0.3, 0.4) is 0 Å². The Hall–Kier alpha value is -3.69. The first kappa shape index (κ1) is 24.9. The highest BCUT2D eigenvalue weighted by atomic mass is 32.2. The second-order valence-electron chi connectivity index (χ2n) is 7.52. The molecule has 2 amide bonds. The Labute approximate surface area is 199 Å². The molecule has 3 aromatic carbocycles. The van der Waals surface area contributed by atoms with Crippen LogP contribution in [0.2, 0.25) is 0 Å². The van der Waals surface area contributed by atoms with Crippen molar-refractivity contribution < 1.29 is 22.7 Å². The molecular formula is C25H27N3O5S. The Balaban J connectivity index is 1.80. The monoisotopic (exact) mass is 481 g/mol. The maximum Gasteiger partial charge on any atom is 0.242 e. The van der Waals surface area contributed by atoms with E-state index in [0.29, 0.717) is 23.7 Å². The van der Waals surface area contributed by atoms with Gasteiger partial charge in [0.15, 0.2) is 0 Å². The topological polar surface area (TPSA) is 114 Å². The lowest BCUT2D eigenvalue weighted by Crippen LogP contribution is -2.45. The summed E-state index contributed by atoms with van der Waals surface area (Å²) in [5.74, 6) is -0.156. The molecule has 8 nitrogen and oxygen atoms in total. The van der Waals surface area contributed by atoms with Crippen molar-refractivity contribution in [3.63, 3.8) is 0 Å². The van der Waals surface area contributed by atoms with Gasteiger partial charge in [0, 0.05) is 18.3 Å². The highest BCUT2D eigenvalue weighted by Gasteiger charge is 2.26. The first-order valence-corrected chi connectivity index (χ1v) is 12.2. The zero-order valence-corrected chi connectivity index (χ0v) is 19.8. The summed E-state index contributed by atoms with van der Waals surface area (Å²) in [6, 6.07) is 20.7. The molecule has 0 fully saturated rings. The minimum Gasteiger partial charge on any atom is -0.494 e. The Morgan fingerprint density at radius 3 is 2.00 bits per heavy atom. The molecule has 0 aliphatic rings. The molecular weight excluding hydrogens is 454 g/mol. The number of nitrogens with one attached hydrogen (secondary N) is 3. The molecule has 9 heteroatoms. The van der Waals surface area contributed by atoms with Gasteiger partial charge in [0.05, 0.1) is 11.5 Å². The normalized spacial score (nSPS) is 11.9. The molecule has 0 radical (unpaired) electrons. The van der Waals surface area contributed by atoms with Crippen LogP contribution in [0.1, 0.15) is 19.4 Å². The van der Waals surface area contributed by atoms with Crippen molar-refractivity contribution in [1.82, 2.24) is 4.72 Å². The van der Waals surface area contributed by atoms with Crippen molar-refractivity contribution in [1.29, 1.82) is 0 Å². The summed E-state index contributed by atoms with van der Waals surface area (Å²) in [6.07, 6.45) is 0.160. The van der Waals surface area contributed by atoms with E-state index in [4.69, 9.17) is 4.74 Å². The summed E-state index contributed by atoms with van der Waals surface area (Å²) in [7, 11) is -3.98. The van der Waals surface area contributed by atoms with Gasteiger partial charge in [-0.25, -0.2) is 8.42 Å². The lowest BCUT2D eigenvalue weighted by Gasteiger charge is -2.19. The third-order valence-corrected chi connectivity index (χ3v) is 6.30. The lowest BCUT2D eigenvalue weighted by atomic mass is 10.1. The molecule has 3 aromatic rings. The van der Waals surface area contributed by atoms with E-state index in [9.17, 15) is 18.0 Å². The zero-order chi connectivity index (χ0) is 24.6. The first-order valence-electron chi connectivity index (χ1n) is 10.7. The van der Waals surface area contributed by atoms with Crippen LogP contribution in [0.4, 0.5) is 11.4 Å². The van der Waals surface area contributed by atoms with Crippen molar-refractivity contribution in [3.05, 3.63) is 84.4 Å². The van der Waals surface area contributed by atoms with Crippen LogP contribution in [0.15, 0.2) is 83.8 Å². The molecule has 3 rings (SSSR count). The van der Waals surface area contributed by atoms with Gasteiger partial charge in [-0.05, 0) is 67.4 Å². The Morgan fingerprint density at radius 2 is 1.44 bits per heavy atom. The van der Waals surface area contributed by atoms with Crippen LogP contribution >= 0.6 is 0 Å². The van der Waals surface area contributed by atoms with E-state index >= 15 is 0 Å². The molecule has 0 aromatic heterocycles. The number of hydrogen-bond acceptors (Lipinski definition) is 5. The maximum atomic E-state index is 13.1. The predicted octanol–water partition coefficient (Wildman–Crippen LogP) is 3.57. The number of anilines is 2. The van der Waals surface area contributed by atoms with Crippen LogP contribution in [-0.2, 0) is 26.0 Å². The average Bonchev–Trinajstić information content (AvgIpc) is 2.81. The number of ether oxygens (including phenoxy) is 1. The van der Waals surface area contributed by atoms with Gasteiger partial charge in [0.2, 0.25) is 21.8 Å². The fourth-order valence-electron chi connectivity index (χ4n) is 3.24. The maximum absolute atomic E-state index is 13.1. The van der Waals surface area contributed by atoms with Gasteiger partial charge in [-0.1, -0.05) is 30.3 Å². The molecule has 0 saturated carbocycles. The molecule has 178 valence electrons. The van der Waals surface area contributed by atoms with E-state index < -0.39 is 22.0 Å². The minimum absolute atomic E-state index is 0.0291. The largest absolute Gasteiger partial charge is 0.494 e. The molecule has 0 bridgehead atoms. The van der Waals surface area contributed by atoms with Gasteiger partial charge >= 0.3 is 0 Å². The first-order chi connectivity index (χ1) is 16.3. The fraction of sp³-hybridized carbons (Fsp3) is 0.200. The Morgan fingerprint density at radius 1 is 0.853 bits per heavy atom. The molecule has 0 unspecified atom stereocenters. The van der Waals surface area contributed by atoms with Crippen LogP contribution in [0.5, 0.6) is 5.75 Å². The summed E-state index contributed by atoms with van der Waals surface area (Å²) in [4.78, 5) is 24.3.